The van der Waals surface area contributed by atoms with Crippen LogP contribution in [0.2, 0.25) is 0 Å². The molecule has 0 aliphatic heterocycles. The van der Waals surface area contributed by atoms with Gasteiger partial charge in [-0.3, -0.25) is 4.79 Å². The van der Waals surface area contributed by atoms with Crippen molar-refractivity contribution in [1.29, 1.82) is 0 Å². The highest BCUT2D eigenvalue weighted by molar-refractivity contribution is 5.79. The molecule has 0 aromatic carbocycles. The van der Waals surface area contributed by atoms with Crippen molar-refractivity contribution in [3.05, 3.63) is 0 Å². The molecule has 0 saturated heterocycles. The SMILES string of the molecule is CCCN(C)C(C)CC(C)(N)C(=O)OC. The van der Waals surface area contributed by atoms with Crippen molar-refractivity contribution in [2.24, 2.45) is 5.73 Å². The molecule has 90 valence electrons. The second kappa shape index (κ2) is 6.08. The third-order valence-electron chi connectivity index (χ3n) is 2.70. The zero-order chi connectivity index (χ0) is 12.1. The fourth-order valence-corrected chi connectivity index (χ4v) is 1.66. The normalized spacial score (nSPS) is 17.3. The van der Waals surface area contributed by atoms with E-state index < -0.39 is 5.54 Å². The lowest BCUT2D eigenvalue weighted by Gasteiger charge is -2.30. The third-order valence-corrected chi connectivity index (χ3v) is 2.70. The minimum absolute atomic E-state index is 0.277. The number of methoxy groups -OCH3 is 1. The second-order valence-electron chi connectivity index (χ2n) is 4.44. The Hall–Kier alpha value is -0.610. The Kier molecular flexibility index (Phi) is 5.83. The molecule has 0 saturated carbocycles. The summed E-state index contributed by atoms with van der Waals surface area (Å²) >= 11 is 0. The molecular formula is C11H24N2O2. The van der Waals surface area contributed by atoms with Crippen LogP contribution in [-0.2, 0) is 9.53 Å². The number of ether oxygens (including phenoxy) is 1. The van der Waals surface area contributed by atoms with Gasteiger partial charge in [0.2, 0.25) is 0 Å². The van der Waals surface area contributed by atoms with Crippen LogP contribution in [0.3, 0.4) is 0 Å². The van der Waals surface area contributed by atoms with E-state index in [1.54, 1.807) is 6.92 Å². The summed E-state index contributed by atoms with van der Waals surface area (Å²) in [5.74, 6) is -0.348. The van der Waals surface area contributed by atoms with Gasteiger partial charge in [-0.2, -0.15) is 0 Å². The molecule has 0 fully saturated rings. The average Bonchev–Trinajstić information content (AvgIpc) is 2.16. The smallest absolute Gasteiger partial charge is 0.325 e. The van der Waals surface area contributed by atoms with E-state index in [0.717, 1.165) is 13.0 Å². The Morgan fingerprint density at radius 2 is 2.13 bits per heavy atom. The summed E-state index contributed by atoms with van der Waals surface area (Å²) in [5.41, 5.74) is 5.01. The molecular weight excluding hydrogens is 192 g/mol. The van der Waals surface area contributed by atoms with Gasteiger partial charge in [0.05, 0.1) is 7.11 Å². The quantitative estimate of drug-likeness (QED) is 0.673. The van der Waals surface area contributed by atoms with Crippen LogP contribution in [0.5, 0.6) is 0 Å². The lowest BCUT2D eigenvalue weighted by atomic mass is 9.94. The molecule has 4 nitrogen and oxygen atoms in total. The summed E-state index contributed by atoms with van der Waals surface area (Å²) in [6, 6.07) is 0.277. The zero-order valence-corrected chi connectivity index (χ0v) is 10.5. The predicted molar refractivity (Wildman–Crippen MR) is 61.6 cm³/mol. The highest BCUT2D eigenvalue weighted by Crippen LogP contribution is 2.14. The van der Waals surface area contributed by atoms with Crippen LogP contribution in [-0.4, -0.2) is 43.2 Å². The van der Waals surface area contributed by atoms with Crippen molar-refractivity contribution >= 4 is 5.97 Å². The molecule has 2 unspecified atom stereocenters. The standard InChI is InChI=1S/C11H24N2O2/c1-6-7-13(4)9(2)8-11(3,12)10(14)15-5/h9H,6-8,12H2,1-5H3. The Morgan fingerprint density at radius 3 is 2.53 bits per heavy atom. The molecule has 0 radical (unpaired) electrons. The van der Waals surface area contributed by atoms with E-state index >= 15 is 0 Å². The Balaban J connectivity index is 4.26. The third kappa shape index (κ3) is 4.62. The Bertz CT molecular complexity index is 205. The van der Waals surface area contributed by atoms with Gasteiger partial charge in [-0.05, 0) is 40.3 Å². The Morgan fingerprint density at radius 1 is 1.60 bits per heavy atom. The molecule has 0 aromatic heterocycles. The zero-order valence-electron chi connectivity index (χ0n) is 10.5. The van der Waals surface area contributed by atoms with Crippen LogP contribution >= 0.6 is 0 Å². The first-order chi connectivity index (χ1) is 6.85. The van der Waals surface area contributed by atoms with Crippen LogP contribution in [0.25, 0.3) is 0 Å². The van der Waals surface area contributed by atoms with E-state index in [2.05, 4.69) is 23.5 Å². The average molecular weight is 216 g/mol. The molecule has 0 aliphatic rings. The van der Waals surface area contributed by atoms with Crippen LogP contribution in [0.15, 0.2) is 0 Å². The van der Waals surface area contributed by atoms with Gasteiger partial charge in [0, 0.05) is 6.04 Å². The van der Waals surface area contributed by atoms with Gasteiger partial charge >= 0.3 is 5.97 Å². The molecule has 0 heterocycles. The number of hydrogen-bond donors (Lipinski definition) is 1. The van der Waals surface area contributed by atoms with Gasteiger partial charge in [-0.25, -0.2) is 0 Å². The highest BCUT2D eigenvalue weighted by Gasteiger charge is 2.32. The molecule has 0 spiro atoms. The predicted octanol–water partition coefficient (Wildman–Crippen LogP) is 0.997. The maximum absolute atomic E-state index is 11.4. The van der Waals surface area contributed by atoms with Crippen LogP contribution < -0.4 is 5.73 Å². The summed E-state index contributed by atoms with van der Waals surface area (Å²) in [5, 5.41) is 0. The van der Waals surface area contributed by atoms with Crippen molar-refractivity contribution in [3.8, 4) is 0 Å². The van der Waals surface area contributed by atoms with E-state index in [4.69, 9.17) is 5.73 Å². The summed E-state index contributed by atoms with van der Waals surface area (Å²) in [6.45, 7) is 6.93. The number of nitrogens with zero attached hydrogens (tertiary/aromatic N) is 1. The topological polar surface area (TPSA) is 55.6 Å². The van der Waals surface area contributed by atoms with E-state index in [1.165, 1.54) is 7.11 Å². The van der Waals surface area contributed by atoms with Gasteiger partial charge in [-0.15, -0.1) is 0 Å². The second-order valence-corrected chi connectivity index (χ2v) is 4.44. The molecule has 4 heteroatoms. The maximum atomic E-state index is 11.4. The number of rotatable bonds is 6. The number of carbonyl (C=O) groups is 1. The summed E-state index contributed by atoms with van der Waals surface area (Å²) in [4.78, 5) is 13.6. The minimum atomic E-state index is -0.893. The van der Waals surface area contributed by atoms with E-state index in [-0.39, 0.29) is 12.0 Å². The molecule has 0 aliphatic carbocycles. The van der Waals surface area contributed by atoms with Gasteiger partial charge < -0.3 is 15.4 Å². The van der Waals surface area contributed by atoms with Crippen LogP contribution in [0.4, 0.5) is 0 Å². The highest BCUT2D eigenvalue weighted by atomic mass is 16.5. The van der Waals surface area contributed by atoms with E-state index in [1.807, 2.05) is 7.05 Å². The summed E-state index contributed by atoms with van der Waals surface area (Å²) < 4.78 is 4.67. The van der Waals surface area contributed by atoms with Gasteiger partial charge in [0.1, 0.15) is 5.54 Å². The lowest BCUT2D eigenvalue weighted by Crippen LogP contribution is -2.50. The molecule has 0 rings (SSSR count). The largest absolute Gasteiger partial charge is 0.468 e. The molecule has 15 heavy (non-hydrogen) atoms. The number of carbonyl (C=O) groups excluding carboxylic acids is 1. The first-order valence-electron chi connectivity index (χ1n) is 5.42. The fourth-order valence-electron chi connectivity index (χ4n) is 1.66. The van der Waals surface area contributed by atoms with Crippen molar-refractivity contribution < 1.29 is 9.53 Å². The minimum Gasteiger partial charge on any atom is -0.468 e. The molecule has 0 bridgehead atoms. The molecule has 2 atom stereocenters. The van der Waals surface area contributed by atoms with Crippen molar-refractivity contribution in [1.82, 2.24) is 4.90 Å². The van der Waals surface area contributed by atoms with Gasteiger partial charge in [-0.1, -0.05) is 6.92 Å². The van der Waals surface area contributed by atoms with Crippen LogP contribution in [0, 0.1) is 0 Å². The van der Waals surface area contributed by atoms with E-state index in [0.29, 0.717) is 6.42 Å². The van der Waals surface area contributed by atoms with Crippen molar-refractivity contribution in [2.75, 3.05) is 20.7 Å². The van der Waals surface area contributed by atoms with Gasteiger partial charge in [0.25, 0.3) is 0 Å². The molecule has 0 amide bonds. The fraction of sp³-hybridized carbons (Fsp3) is 0.909. The number of hydrogen-bond acceptors (Lipinski definition) is 4. The maximum Gasteiger partial charge on any atom is 0.325 e. The number of esters is 1. The molecule has 0 aromatic rings. The van der Waals surface area contributed by atoms with Crippen molar-refractivity contribution in [2.45, 2.75) is 45.2 Å². The number of nitrogens with two attached hydrogens (primary N) is 1. The monoisotopic (exact) mass is 216 g/mol. The first kappa shape index (κ1) is 14.4. The first-order valence-corrected chi connectivity index (χ1v) is 5.42. The van der Waals surface area contributed by atoms with Crippen LogP contribution in [0.1, 0.15) is 33.6 Å². The summed E-state index contributed by atoms with van der Waals surface area (Å²) in [7, 11) is 3.41. The lowest BCUT2D eigenvalue weighted by molar-refractivity contribution is -0.147. The van der Waals surface area contributed by atoms with Crippen molar-refractivity contribution in [3.63, 3.8) is 0 Å². The Labute approximate surface area is 92.8 Å². The molecule has 2 N–H and O–H groups in total. The van der Waals surface area contributed by atoms with Gasteiger partial charge in [0.15, 0.2) is 0 Å². The van der Waals surface area contributed by atoms with E-state index in [9.17, 15) is 4.79 Å². The summed E-state index contributed by atoms with van der Waals surface area (Å²) in [6.07, 6.45) is 1.70.